The maximum absolute atomic E-state index is 12.5. The average Bonchev–Trinajstić information content (AvgIpc) is 3.16. The molecule has 1 amide bonds. The lowest BCUT2D eigenvalue weighted by molar-refractivity contribution is -0.133. The standard InChI is InChI=1S/C21H24N4O2S/c1-16-3-2-4-17(13-16)5-6-19(26)24-9-7-23(8-10-24)15-18-14-20(27)25-11-12-28-21(25)22-18/h2-4,11-14H,5-10,15H2,1H3. The van der Waals surface area contributed by atoms with Crippen molar-refractivity contribution >= 4 is 22.2 Å². The molecule has 7 heteroatoms. The van der Waals surface area contributed by atoms with Crippen molar-refractivity contribution in [3.05, 3.63) is 69.1 Å². The molecule has 1 aliphatic heterocycles. The minimum Gasteiger partial charge on any atom is -0.340 e. The summed E-state index contributed by atoms with van der Waals surface area (Å²) >= 11 is 1.47. The Morgan fingerprint density at radius 3 is 2.79 bits per heavy atom. The van der Waals surface area contributed by atoms with Gasteiger partial charge in [0.1, 0.15) is 0 Å². The average molecular weight is 397 g/mol. The minimum absolute atomic E-state index is 0.0359. The number of nitrogens with zero attached hydrogens (tertiary/aromatic N) is 4. The Kier molecular flexibility index (Phi) is 5.54. The molecule has 0 bridgehead atoms. The number of hydrogen-bond acceptors (Lipinski definition) is 5. The van der Waals surface area contributed by atoms with Gasteiger partial charge >= 0.3 is 0 Å². The molecule has 2 aromatic heterocycles. The molecule has 0 aliphatic carbocycles. The molecule has 0 radical (unpaired) electrons. The summed E-state index contributed by atoms with van der Waals surface area (Å²) in [5.74, 6) is 0.220. The fourth-order valence-electron chi connectivity index (χ4n) is 3.63. The molecule has 0 N–H and O–H groups in total. The van der Waals surface area contributed by atoms with E-state index in [-0.39, 0.29) is 11.5 Å². The van der Waals surface area contributed by atoms with E-state index < -0.39 is 0 Å². The maximum Gasteiger partial charge on any atom is 0.258 e. The zero-order valence-electron chi connectivity index (χ0n) is 16.0. The number of hydrogen-bond donors (Lipinski definition) is 0. The Morgan fingerprint density at radius 2 is 2.00 bits per heavy atom. The third kappa shape index (κ3) is 4.31. The molecule has 0 saturated carbocycles. The second kappa shape index (κ2) is 8.24. The normalized spacial score (nSPS) is 15.2. The van der Waals surface area contributed by atoms with E-state index in [0.717, 1.165) is 43.3 Å². The van der Waals surface area contributed by atoms with Gasteiger partial charge in [-0.1, -0.05) is 29.8 Å². The summed E-state index contributed by atoms with van der Waals surface area (Å²) in [6, 6.07) is 9.95. The Hall–Kier alpha value is -2.51. The van der Waals surface area contributed by atoms with Crippen LogP contribution in [0.25, 0.3) is 4.96 Å². The van der Waals surface area contributed by atoms with Crippen LogP contribution in [-0.2, 0) is 17.8 Å². The van der Waals surface area contributed by atoms with Crippen LogP contribution < -0.4 is 5.56 Å². The van der Waals surface area contributed by atoms with Gasteiger partial charge in [0.2, 0.25) is 5.91 Å². The highest BCUT2D eigenvalue weighted by atomic mass is 32.1. The van der Waals surface area contributed by atoms with E-state index in [1.54, 1.807) is 16.7 Å². The predicted molar refractivity (Wildman–Crippen MR) is 111 cm³/mol. The number of amides is 1. The van der Waals surface area contributed by atoms with E-state index >= 15 is 0 Å². The van der Waals surface area contributed by atoms with E-state index in [2.05, 4.69) is 35.0 Å². The van der Waals surface area contributed by atoms with Gasteiger partial charge in [0.25, 0.3) is 5.56 Å². The highest BCUT2D eigenvalue weighted by molar-refractivity contribution is 7.15. The number of thiazole rings is 1. The van der Waals surface area contributed by atoms with Crippen LogP contribution in [0.4, 0.5) is 0 Å². The summed E-state index contributed by atoms with van der Waals surface area (Å²) in [5, 5.41) is 1.87. The Labute approximate surface area is 168 Å². The van der Waals surface area contributed by atoms with Crippen molar-refractivity contribution in [1.29, 1.82) is 0 Å². The van der Waals surface area contributed by atoms with Gasteiger partial charge in [-0.15, -0.1) is 11.3 Å². The van der Waals surface area contributed by atoms with Crippen LogP contribution in [0.15, 0.2) is 46.7 Å². The van der Waals surface area contributed by atoms with Crippen molar-refractivity contribution in [3.8, 4) is 0 Å². The second-order valence-corrected chi connectivity index (χ2v) is 8.16. The van der Waals surface area contributed by atoms with Crippen molar-refractivity contribution in [1.82, 2.24) is 19.2 Å². The van der Waals surface area contributed by atoms with Crippen LogP contribution in [0.3, 0.4) is 0 Å². The van der Waals surface area contributed by atoms with E-state index in [1.807, 2.05) is 16.3 Å². The number of piperazine rings is 1. The fraction of sp³-hybridized carbons (Fsp3) is 0.381. The first-order chi connectivity index (χ1) is 13.6. The first-order valence-corrected chi connectivity index (χ1v) is 10.5. The van der Waals surface area contributed by atoms with Gasteiger partial charge in [-0.25, -0.2) is 4.98 Å². The molecule has 146 valence electrons. The van der Waals surface area contributed by atoms with E-state index in [4.69, 9.17) is 0 Å². The number of aryl methyl sites for hydroxylation is 2. The lowest BCUT2D eigenvalue weighted by atomic mass is 10.1. The van der Waals surface area contributed by atoms with Gasteiger partial charge < -0.3 is 4.90 Å². The third-order valence-electron chi connectivity index (χ3n) is 5.18. The molecule has 4 rings (SSSR count). The van der Waals surface area contributed by atoms with Gasteiger partial charge in [0.05, 0.1) is 5.69 Å². The SMILES string of the molecule is Cc1cccc(CCC(=O)N2CCN(Cc3cc(=O)n4ccsc4n3)CC2)c1. The van der Waals surface area contributed by atoms with Gasteiger partial charge in [-0.2, -0.15) is 0 Å². The topological polar surface area (TPSA) is 57.9 Å². The van der Waals surface area contributed by atoms with Crippen molar-refractivity contribution < 1.29 is 4.79 Å². The number of carbonyl (C=O) groups is 1. The number of fused-ring (bicyclic) bond motifs is 1. The van der Waals surface area contributed by atoms with Gasteiger partial charge in [0, 0.05) is 56.8 Å². The molecular weight excluding hydrogens is 372 g/mol. The van der Waals surface area contributed by atoms with Crippen LogP contribution in [0.2, 0.25) is 0 Å². The first-order valence-electron chi connectivity index (χ1n) is 9.60. The van der Waals surface area contributed by atoms with Crippen molar-refractivity contribution in [3.63, 3.8) is 0 Å². The second-order valence-electron chi connectivity index (χ2n) is 7.29. The van der Waals surface area contributed by atoms with E-state index in [0.29, 0.717) is 13.0 Å². The smallest absolute Gasteiger partial charge is 0.258 e. The Morgan fingerprint density at radius 1 is 1.18 bits per heavy atom. The third-order valence-corrected chi connectivity index (χ3v) is 5.93. The number of carbonyl (C=O) groups excluding carboxylic acids is 1. The molecule has 0 spiro atoms. The van der Waals surface area contributed by atoms with Crippen LogP contribution in [-0.4, -0.2) is 51.3 Å². The van der Waals surface area contributed by atoms with Crippen molar-refractivity contribution in [2.45, 2.75) is 26.3 Å². The van der Waals surface area contributed by atoms with Crippen LogP contribution >= 0.6 is 11.3 Å². The molecule has 3 heterocycles. The molecule has 3 aromatic rings. The fourth-order valence-corrected chi connectivity index (χ4v) is 4.37. The quantitative estimate of drug-likeness (QED) is 0.664. The Bertz CT molecular complexity index is 1030. The highest BCUT2D eigenvalue weighted by Gasteiger charge is 2.21. The first kappa shape index (κ1) is 18.8. The number of rotatable bonds is 5. The monoisotopic (exact) mass is 396 g/mol. The van der Waals surface area contributed by atoms with Crippen LogP contribution in [0.1, 0.15) is 23.2 Å². The molecular formula is C21H24N4O2S. The highest BCUT2D eigenvalue weighted by Crippen LogP contribution is 2.12. The van der Waals surface area contributed by atoms with Crippen LogP contribution in [0, 0.1) is 6.92 Å². The molecule has 1 saturated heterocycles. The van der Waals surface area contributed by atoms with Crippen molar-refractivity contribution in [2.24, 2.45) is 0 Å². The summed E-state index contributed by atoms with van der Waals surface area (Å²) < 4.78 is 1.57. The molecule has 0 unspecified atom stereocenters. The number of benzene rings is 1. The molecule has 1 fully saturated rings. The molecule has 1 aromatic carbocycles. The zero-order chi connectivity index (χ0) is 19.5. The minimum atomic E-state index is -0.0359. The summed E-state index contributed by atoms with van der Waals surface area (Å²) in [6.45, 7) is 5.79. The van der Waals surface area contributed by atoms with Gasteiger partial charge in [0.15, 0.2) is 4.96 Å². The zero-order valence-corrected chi connectivity index (χ0v) is 16.8. The Balaban J connectivity index is 1.29. The summed E-state index contributed by atoms with van der Waals surface area (Å²) in [7, 11) is 0. The van der Waals surface area contributed by atoms with Gasteiger partial charge in [-0.3, -0.25) is 18.9 Å². The molecule has 28 heavy (non-hydrogen) atoms. The lowest BCUT2D eigenvalue weighted by Gasteiger charge is -2.34. The summed E-state index contributed by atoms with van der Waals surface area (Å²) in [4.78, 5) is 34.2. The molecule has 0 atom stereocenters. The molecule has 1 aliphatic rings. The summed E-state index contributed by atoms with van der Waals surface area (Å²) in [6.07, 6.45) is 3.09. The van der Waals surface area contributed by atoms with Crippen molar-refractivity contribution in [2.75, 3.05) is 26.2 Å². The van der Waals surface area contributed by atoms with E-state index in [1.165, 1.54) is 22.5 Å². The maximum atomic E-state index is 12.5. The van der Waals surface area contributed by atoms with Crippen LogP contribution in [0.5, 0.6) is 0 Å². The summed E-state index contributed by atoms with van der Waals surface area (Å²) in [5.41, 5.74) is 3.21. The van der Waals surface area contributed by atoms with Gasteiger partial charge in [-0.05, 0) is 18.9 Å². The predicted octanol–water partition coefficient (Wildman–Crippen LogP) is 2.34. The molecule has 6 nitrogen and oxygen atoms in total. The van der Waals surface area contributed by atoms with E-state index in [9.17, 15) is 9.59 Å². The largest absolute Gasteiger partial charge is 0.340 e. The number of aromatic nitrogens is 2. The lowest BCUT2D eigenvalue weighted by Crippen LogP contribution is -2.48.